The van der Waals surface area contributed by atoms with Crippen molar-refractivity contribution in [2.45, 2.75) is 26.3 Å². The number of nitrogens with zero attached hydrogens (tertiary/aromatic N) is 2. The Morgan fingerprint density at radius 2 is 1.61 bits per heavy atom. The maximum absolute atomic E-state index is 12.8. The lowest BCUT2D eigenvalue weighted by Gasteiger charge is -2.11. The number of carbonyl (C=O) groups is 2. The van der Waals surface area contributed by atoms with Crippen LogP contribution in [0.2, 0.25) is 0 Å². The standard InChI is InChI=1S/C24H22N4O3/c1-2-13-28-24(31)20-10-6-5-9-19(20)22(27-28)23(30)26-25-21(29)15-16-11-12-17-7-3-4-8-18(17)14-16/h3-12,14H,2,13,15H2,1H3,(H,25,29)(H,26,30). The predicted molar refractivity (Wildman–Crippen MR) is 120 cm³/mol. The van der Waals surface area contributed by atoms with Gasteiger partial charge in [0.2, 0.25) is 5.91 Å². The number of nitrogens with one attached hydrogen (secondary N) is 2. The average Bonchev–Trinajstić information content (AvgIpc) is 2.79. The van der Waals surface area contributed by atoms with Crippen LogP contribution >= 0.6 is 0 Å². The summed E-state index contributed by atoms with van der Waals surface area (Å²) in [7, 11) is 0. The Bertz CT molecular complexity index is 1340. The van der Waals surface area contributed by atoms with Gasteiger partial charge in [-0.25, -0.2) is 4.68 Å². The van der Waals surface area contributed by atoms with E-state index in [0.717, 1.165) is 16.3 Å². The number of hydrazine groups is 1. The van der Waals surface area contributed by atoms with Crippen molar-refractivity contribution in [1.82, 2.24) is 20.6 Å². The van der Waals surface area contributed by atoms with Gasteiger partial charge in [-0.1, -0.05) is 67.6 Å². The van der Waals surface area contributed by atoms with Crippen molar-refractivity contribution in [3.05, 3.63) is 88.3 Å². The van der Waals surface area contributed by atoms with Crippen LogP contribution in [0.4, 0.5) is 0 Å². The number of amides is 2. The van der Waals surface area contributed by atoms with Gasteiger partial charge in [0.05, 0.1) is 11.8 Å². The first kappa shape index (κ1) is 20.3. The third-order valence-electron chi connectivity index (χ3n) is 5.01. The molecule has 0 aliphatic carbocycles. The van der Waals surface area contributed by atoms with E-state index in [4.69, 9.17) is 0 Å². The zero-order valence-corrected chi connectivity index (χ0v) is 17.1. The number of aromatic nitrogens is 2. The minimum Gasteiger partial charge on any atom is -0.273 e. The molecule has 7 heteroatoms. The Morgan fingerprint density at radius 1 is 0.903 bits per heavy atom. The fraction of sp³-hybridized carbons (Fsp3) is 0.167. The summed E-state index contributed by atoms with van der Waals surface area (Å²) >= 11 is 0. The fourth-order valence-corrected chi connectivity index (χ4v) is 3.53. The molecule has 0 aliphatic rings. The zero-order valence-electron chi connectivity index (χ0n) is 17.1. The maximum atomic E-state index is 12.8. The summed E-state index contributed by atoms with van der Waals surface area (Å²) in [5.74, 6) is -0.928. The Labute approximate surface area is 178 Å². The molecule has 0 unspecified atom stereocenters. The molecule has 1 heterocycles. The number of benzene rings is 3. The van der Waals surface area contributed by atoms with Gasteiger partial charge in [0, 0.05) is 11.9 Å². The zero-order chi connectivity index (χ0) is 21.8. The molecule has 1 aromatic heterocycles. The van der Waals surface area contributed by atoms with Crippen LogP contribution in [0.15, 0.2) is 71.5 Å². The van der Waals surface area contributed by atoms with Crippen LogP contribution in [0, 0.1) is 0 Å². The monoisotopic (exact) mass is 414 g/mol. The summed E-state index contributed by atoms with van der Waals surface area (Å²) in [5.41, 5.74) is 5.55. The third kappa shape index (κ3) is 4.30. The first-order valence-electron chi connectivity index (χ1n) is 10.1. The molecule has 0 saturated heterocycles. The second-order valence-electron chi connectivity index (χ2n) is 7.28. The predicted octanol–water partition coefficient (Wildman–Crippen LogP) is 2.96. The van der Waals surface area contributed by atoms with Gasteiger partial charge in [-0.15, -0.1) is 0 Å². The molecule has 3 aromatic carbocycles. The Hall–Kier alpha value is -4.00. The van der Waals surface area contributed by atoms with E-state index in [1.165, 1.54) is 4.68 Å². The largest absolute Gasteiger partial charge is 0.290 e. The van der Waals surface area contributed by atoms with Crippen LogP contribution in [0.3, 0.4) is 0 Å². The van der Waals surface area contributed by atoms with Gasteiger partial charge in [0.25, 0.3) is 11.5 Å². The van der Waals surface area contributed by atoms with Crippen molar-refractivity contribution in [1.29, 1.82) is 0 Å². The van der Waals surface area contributed by atoms with Crippen molar-refractivity contribution in [3.8, 4) is 0 Å². The topological polar surface area (TPSA) is 93.1 Å². The van der Waals surface area contributed by atoms with Gasteiger partial charge in [0.15, 0.2) is 5.69 Å². The van der Waals surface area contributed by atoms with E-state index in [0.29, 0.717) is 23.7 Å². The Kier molecular flexibility index (Phi) is 5.75. The number of hydrogen-bond acceptors (Lipinski definition) is 4. The molecule has 0 saturated carbocycles. The number of carbonyl (C=O) groups excluding carboxylic acids is 2. The molecule has 31 heavy (non-hydrogen) atoms. The number of aryl methyl sites for hydroxylation is 1. The maximum Gasteiger partial charge on any atom is 0.290 e. The van der Waals surface area contributed by atoms with Gasteiger partial charge in [0.1, 0.15) is 0 Å². The highest BCUT2D eigenvalue weighted by molar-refractivity contribution is 6.05. The molecule has 0 bridgehead atoms. The minimum atomic E-state index is -0.576. The second kappa shape index (κ2) is 8.79. The average molecular weight is 414 g/mol. The summed E-state index contributed by atoms with van der Waals surface area (Å²) in [5, 5.41) is 7.23. The van der Waals surface area contributed by atoms with Crippen molar-refractivity contribution in [2.24, 2.45) is 0 Å². The molecule has 0 spiro atoms. The highest BCUT2D eigenvalue weighted by atomic mass is 16.2. The van der Waals surface area contributed by atoms with Crippen LogP contribution < -0.4 is 16.4 Å². The summed E-state index contributed by atoms with van der Waals surface area (Å²) in [6, 6.07) is 20.5. The molecule has 0 aliphatic heterocycles. The fourth-order valence-electron chi connectivity index (χ4n) is 3.53. The first-order valence-corrected chi connectivity index (χ1v) is 10.1. The van der Waals surface area contributed by atoms with Gasteiger partial charge in [-0.05, 0) is 28.8 Å². The molecule has 0 atom stereocenters. The molecule has 2 N–H and O–H groups in total. The van der Waals surface area contributed by atoms with Crippen molar-refractivity contribution >= 4 is 33.4 Å². The van der Waals surface area contributed by atoms with Gasteiger partial charge in [-0.3, -0.25) is 25.2 Å². The SMILES string of the molecule is CCCn1nc(C(=O)NNC(=O)Cc2ccc3ccccc3c2)c2ccccc2c1=O. The smallest absolute Gasteiger partial charge is 0.273 e. The van der Waals surface area contributed by atoms with Crippen LogP contribution in [0.5, 0.6) is 0 Å². The van der Waals surface area contributed by atoms with Crippen LogP contribution in [-0.2, 0) is 17.8 Å². The minimum absolute atomic E-state index is 0.0923. The van der Waals surface area contributed by atoms with Gasteiger partial charge in [-0.2, -0.15) is 5.10 Å². The first-order chi connectivity index (χ1) is 15.1. The molecule has 0 fully saturated rings. The molecular formula is C24H22N4O3. The van der Waals surface area contributed by atoms with E-state index >= 15 is 0 Å². The molecule has 156 valence electrons. The number of hydrogen-bond donors (Lipinski definition) is 2. The van der Waals surface area contributed by atoms with Crippen LogP contribution in [0.25, 0.3) is 21.5 Å². The molecule has 2 amide bonds. The van der Waals surface area contributed by atoms with E-state index in [1.807, 2.05) is 49.4 Å². The number of rotatable bonds is 5. The molecular weight excluding hydrogens is 392 g/mol. The molecule has 4 aromatic rings. The van der Waals surface area contributed by atoms with Crippen LogP contribution in [0.1, 0.15) is 29.4 Å². The lowest BCUT2D eigenvalue weighted by Crippen LogP contribution is -2.43. The van der Waals surface area contributed by atoms with E-state index in [9.17, 15) is 14.4 Å². The third-order valence-corrected chi connectivity index (χ3v) is 5.01. The lowest BCUT2D eigenvalue weighted by atomic mass is 10.1. The van der Waals surface area contributed by atoms with Crippen LogP contribution in [-0.4, -0.2) is 21.6 Å². The lowest BCUT2D eigenvalue weighted by molar-refractivity contribution is -0.121. The number of fused-ring (bicyclic) bond motifs is 2. The summed E-state index contributed by atoms with van der Waals surface area (Å²) in [6.07, 6.45) is 0.823. The summed E-state index contributed by atoms with van der Waals surface area (Å²) < 4.78 is 1.29. The second-order valence-corrected chi connectivity index (χ2v) is 7.28. The molecule has 7 nitrogen and oxygen atoms in total. The molecule has 0 radical (unpaired) electrons. The summed E-state index contributed by atoms with van der Waals surface area (Å²) in [6.45, 7) is 2.33. The van der Waals surface area contributed by atoms with Gasteiger partial charge < -0.3 is 0 Å². The molecule has 4 rings (SSSR count). The van der Waals surface area contributed by atoms with E-state index < -0.39 is 5.91 Å². The van der Waals surface area contributed by atoms with Crippen molar-refractivity contribution < 1.29 is 9.59 Å². The quantitative estimate of drug-likeness (QED) is 0.491. The van der Waals surface area contributed by atoms with Gasteiger partial charge >= 0.3 is 0 Å². The van der Waals surface area contributed by atoms with Crippen molar-refractivity contribution in [3.63, 3.8) is 0 Å². The van der Waals surface area contributed by atoms with E-state index in [2.05, 4.69) is 16.0 Å². The Balaban J connectivity index is 1.50. The van der Waals surface area contributed by atoms with Crippen molar-refractivity contribution in [2.75, 3.05) is 0 Å². The van der Waals surface area contributed by atoms with E-state index in [1.54, 1.807) is 24.3 Å². The summed E-state index contributed by atoms with van der Waals surface area (Å²) in [4.78, 5) is 37.7. The Morgan fingerprint density at radius 3 is 2.39 bits per heavy atom. The highest BCUT2D eigenvalue weighted by Crippen LogP contribution is 2.16. The highest BCUT2D eigenvalue weighted by Gasteiger charge is 2.17. The van der Waals surface area contributed by atoms with E-state index in [-0.39, 0.29) is 23.6 Å². The normalized spacial score (nSPS) is 10.9.